The number of benzene rings is 1. The number of amidine groups is 1. The maximum atomic E-state index is 4.97. The highest BCUT2D eigenvalue weighted by Gasteiger charge is 2.20. The van der Waals surface area contributed by atoms with Crippen LogP contribution >= 0.6 is 0 Å². The topological polar surface area (TPSA) is 36.9 Å². The number of piperazine rings is 1. The predicted octanol–water partition coefficient (Wildman–Crippen LogP) is 1.29. The summed E-state index contributed by atoms with van der Waals surface area (Å²) < 4.78 is 0. The van der Waals surface area contributed by atoms with Gasteiger partial charge in [0, 0.05) is 31.2 Å². The normalized spacial score (nSPS) is 21.4. The van der Waals surface area contributed by atoms with Gasteiger partial charge < -0.3 is 15.1 Å². The van der Waals surface area contributed by atoms with E-state index in [9.17, 15) is 0 Å². The van der Waals surface area contributed by atoms with Crippen LogP contribution in [0.5, 0.6) is 0 Å². The first-order valence-electron chi connectivity index (χ1n) is 5.96. The minimum absolute atomic E-state index is 0.481. The number of nitrogens with one attached hydrogen (secondary N) is 1. The van der Waals surface area contributed by atoms with E-state index in [0.717, 1.165) is 31.0 Å². The molecule has 1 saturated heterocycles. The fraction of sp³-hybridized carbons (Fsp3) is 0.462. The molecule has 4 nitrogen and oxygen atoms in total. The van der Waals surface area contributed by atoms with E-state index in [1.165, 1.54) is 0 Å². The summed E-state index contributed by atoms with van der Waals surface area (Å²) in [6.45, 7) is 5.08. The summed E-state index contributed by atoms with van der Waals surface area (Å²) in [5, 5.41) is 7.59. The maximum absolute atomic E-state index is 4.97. The van der Waals surface area contributed by atoms with Crippen molar-refractivity contribution in [2.45, 2.75) is 13.0 Å². The molecule has 1 fully saturated rings. The summed E-state index contributed by atoms with van der Waals surface area (Å²) in [7, 11) is 1.59. The fourth-order valence-electron chi connectivity index (χ4n) is 2.09. The Morgan fingerprint density at radius 2 is 2.18 bits per heavy atom. The van der Waals surface area contributed by atoms with Crippen LogP contribution in [0.25, 0.3) is 0 Å². The Morgan fingerprint density at radius 3 is 2.82 bits per heavy atom. The summed E-state index contributed by atoms with van der Waals surface area (Å²) in [5.74, 6) is 0.918. The van der Waals surface area contributed by atoms with Crippen molar-refractivity contribution in [3.63, 3.8) is 0 Å². The first-order valence-corrected chi connectivity index (χ1v) is 5.96. The standard InChI is InChI=1S/C13H19N3O/c1-11-10-16(9-8-14-11)13(15-17-2)12-6-4-3-5-7-12/h3-7,11,14H,8-10H2,1-2H3/b15-13+/t11-/m1/s1. The lowest BCUT2D eigenvalue weighted by atomic mass is 10.1. The second-order valence-corrected chi connectivity index (χ2v) is 4.26. The summed E-state index contributed by atoms with van der Waals surface area (Å²) in [4.78, 5) is 7.24. The third-order valence-corrected chi connectivity index (χ3v) is 2.88. The van der Waals surface area contributed by atoms with Gasteiger partial charge in [0.2, 0.25) is 0 Å². The molecule has 0 spiro atoms. The molecule has 4 heteroatoms. The van der Waals surface area contributed by atoms with Gasteiger partial charge in [0.25, 0.3) is 0 Å². The Balaban J connectivity index is 2.21. The molecule has 0 bridgehead atoms. The van der Waals surface area contributed by atoms with E-state index in [0.29, 0.717) is 6.04 Å². The van der Waals surface area contributed by atoms with Crippen molar-refractivity contribution in [1.82, 2.24) is 10.2 Å². The molecule has 1 atom stereocenters. The van der Waals surface area contributed by atoms with Crippen LogP contribution in [0, 0.1) is 0 Å². The number of hydrogen-bond donors (Lipinski definition) is 1. The highest BCUT2D eigenvalue weighted by molar-refractivity contribution is 5.98. The lowest BCUT2D eigenvalue weighted by Gasteiger charge is -2.33. The molecule has 1 aromatic carbocycles. The van der Waals surface area contributed by atoms with Gasteiger partial charge in [-0.2, -0.15) is 0 Å². The number of oxime groups is 1. The van der Waals surface area contributed by atoms with Crippen molar-refractivity contribution < 1.29 is 4.84 Å². The molecule has 92 valence electrons. The zero-order chi connectivity index (χ0) is 12.1. The average Bonchev–Trinajstić information content (AvgIpc) is 2.37. The molecule has 0 saturated carbocycles. The third kappa shape index (κ3) is 2.97. The average molecular weight is 233 g/mol. The van der Waals surface area contributed by atoms with E-state index < -0.39 is 0 Å². The zero-order valence-electron chi connectivity index (χ0n) is 10.4. The lowest BCUT2D eigenvalue weighted by Crippen LogP contribution is -2.51. The van der Waals surface area contributed by atoms with Crippen LogP contribution in [0.2, 0.25) is 0 Å². The highest BCUT2D eigenvalue weighted by atomic mass is 16.6. The van der Waals surface area contributed by atoms with Crippen LogP contribution < -0.4 is 5.32 Å². The first-order chi connectivity index (χ1) is 8.31. The number of hydrogen-bond acceptors (Lipinski definition) is 3. The highest BCUT2D eigenvalue weighted by Crippen LogP contribution is 2.09. The molecule has 1 N–H and O–H groups in total. The van der Waals surface area contributed by atoms with Crippen molar-refractivity contribution in [3.05, 3.63) is 35.9 Å². The molecule has 1 aliphatic heterocycles. The zero-order valence-corrected chi connectivity index (χ0v) is 10.4. The number of rotatable bonds is 2. The van der Waals surface area contributed by atoms with Gasteiger partial charge in [0.15, 0.2) is 5.84 Å². The molecule has 0 aliphatic carbocycles. The molecule has 1 aliphatic rings. The van der Waals surface area contributed by atoms with Crippen molar-refractivity contribution in [2.75, 3.05) is 26.7 Å². The Hall–Kier alpha value is -1.55. The van der Waals surface area contributed by atoms with Crippen LogP contribution in [0.3, 0.4) is 0 Å². The van der Waals surface area contributed by atoms with Crippen LogP contribution in [0.1, 0.15) is 12.5 Å². The Bertz CT molecular complexity index is 378. The van der Waals surface area contributed by atoms with Crippen LogP contribution in [0.4, 0.5) is 0 Å². The molecule has 17 heavy (non-hydrogen) atoms. The van der Waals surface area contributed by atoms with E-state index in [2.05, 4.69) is 34.4 Å². The number of nitrogens with zero attached hydrogens (tertiary/aromatic N) is 2. The summed E-state index contributed by atoms with van der Waals surface area (Å²) in [5.41, 5.74) is 1.10. The maximum Gasteiger partial charge on any atom is 0.175 e. The quantitative estimate of drug-likeness (QED) is 0.475. The van der Waals surface area contributed by atoms with E-state index >= 15 is 0 Å². The Morgan fingerprint density at radius 1 is 1.41 bits per heavy atom. The predicted molar refractivity (Wildman–Crippen MR) is 69.0 cm³/mol. The molecular weight excluding hydrogens is 214 g/mol. The Kier molecular flexibility index (Phi) is 3.98. The van der Waals surface area contributed by atoms with Gasteiger partial charge in [-0.3, -0.25) is 0 Å². The van der Waals surface area contributed by atoms with Gasteiger partial charge in [0.05, 0.1) is 0 Å². The van der Waals surface area contributed by atoms with E-state index in [1.54, 1.807) is 7.11 Å². The third-order valence-electron chi connectivity index (χ3n) is 2.88. The monoisotopic (exact) mass is 233 g/mol. The molecule has 2 rings (SSSR count). The molecule has 0 amide bonds. The smallest absolute Gasteiger partial charge is 0.175 e. The van der Waals surface area contributed by atoms with Gasteiger partial charge in [0.1, 0.15) is 7.11 Å². The molecule has 1 aromatic rings. The lowest BCUT2D eigenvalue weighted by molar-refractivity contribution is 0.201. The van der Waals surface area contributed by atoms with Gasteiger partial charge >= 0.3 is 0 Å². The molecule has 0 aromatic heterocycles. The first kappa shape index (κ1) is 11.9. The summed E-state index contributed by atoms with van der Waals surface area (Å²) >= 11 is 0. The van der Waals surface area contributed by atoms with E-state index in [1.807, 2.05) is 18.2 Å². The van der Waals surface area contributed by atoms with Gasteiger partial charge in [-0.1, -0.05) is 35.5 Å². The van der Waals surface area contributed by atoms with E-state index in [-0.39, 0.29) is 0 Å². The second kappa shape index (κ2) is 5.68. The SMILES string of the molecule is CO/N=C(\c1ccccc1)N1CCN[C@H](C)C1. The minimum Gasteiger partial charge on any atom is -0.397 e. The van der Waals surface area contributed by atoms with E-state index in [4.69, 9.17) is 4.84 Å². The van der Waals surface area contributed by atoms with Crippen LogP contribution in [-0.2, 0) is 4.84 Å². The summed E-state index contributed by atoms with van der Waals surface area (Å²) in [6.07, 6.45) is 0. The van der Waals surface area contributed by atoms with Crippen LogP contribution in [-0.4, -0.2) is 43.5 Å². The fourth-order valence-corrected chi connectivity index (χ4v) is 2.09. The molecule has 0 radical (unpaired) electrons. The Labute approximate surface area is 102 Å². The molecule has 0 unspecified atom stereocenters. The van der Waals surface area contributed by atoms with Crippen molar-refractivity contribution >= 4 is 5.84 Å². The van der Waals surface area contributed by atoms with Gasteiger partial charge in [-0.05, 0) is 6.92 Å². The molecule has 1 heterocycles. The summed E-state index contributed by atoms with van der Waals surface area (Å²) in [6, 6.07) is 10.6. The van der Waals surface area contributed by atoms with Gasteiger partial charge in [-0.15, -0.1) is 0 Å². The van der Waals surface area contributed by atoms with Crippen molar-refractivity contribution in [1.29, 1.82) is 0 Å². The van der Waals surface area contributed by atoms with Crippen LogP contribution in [0.15, 0.2) is 35.5 Å². The molecular formula is C13H19N3O. The van der Waals surface area contributed by atoms with Crippen molar-refractivity contribution in [2.24, 2.45) is 5.16 Å². The largest absolute Gasteiger partial charge is 0.397 e. The van der Waals surface area contributed by atoms with Crippen molar-refractivity contribution in [3.8, 4) is 0 Å². The minimum atomic E-state index is 0.481. The second-order valence-electron chi connectivity index (χ2n) is 4.26. The van der Waals surface area contributed by atoms with Gasteiger partial charge in [-0.25, -0.2) is 0 Å².